The van der Waals surface area contributed by atoms with Gasteiger partial charge in [0.25, 0.3) is 0 Å². The number of carbonyl (C=O) groups is 1. The second-order valence-electron chi connectivity index (χ2n) is 3.56. The number of likely N-dealkylation sites (N-methyl/N-ethyl adjacent to an activating group) is 1. The SMILES string of the molecule is CNC(=O)C1CN(C(C)C)CCO1. The smallest absolute Gasteiger partial charge is 0.250 e. The van der Waals surface area contributed by atoms with E-state index in [4.69, 9.17) is 4.74 Å². The monoisotopic (exact) mass is 186 g/mol. The highest BCUT2D eigenvalue weighted by molar-refractivity contribution is 5.80. The van der Waals surface area contributed by atoms with Crippen molar-refractivity contribution in [3.05, 3.63) is 0 Å². The van der Waals surface area contributed by atoms with Crippen LogP contribution in [0.3, 0.4) is 0 Å². The molecule has 1 heterocycles. The predicted octanol–water partition coefficient (Wildman–Crippen LogP) is -0.158. The molecule has 0 aromatic carbocycles. The highest BCUT2D eigenvalue weighted by atomic mass is 16.5. The average Bonchev–Trinajstić information content (AvgIpc) is 2.17. The van der Waals surface area contributed by atoms with E-state index in [9.17, 15) is 4.79 Å². The molecule has 1 unspecified atom stereocenters. The summed E-state index contributed by atoms with van der Waals surface area (Å²) in [5, 5.41) is 2.60. The van der Waals surface area contributed by atoms with E-state index in [1.165, 1.54) is 0 Å². The van der Waals surface area contributed by atoms with Crippen LogP contribution in [0, 0.1) is 0 Å². The van der Waals surface area contributed by atoms with E-state index in [0.29, 0.717) is 19.2 Å². The zero-order valence-electron chi connectivity index (χ0n) is 8.54. The number of hydrogen-bond acceptors (Lipinski definition) is 3. The van der Waals surface area contributed by atoms with Gasteiger partial charge in [0.15, 0.2) is 0 Å². The van der Waals surface area contributed by atoms with Crippen molar-refractivity contribution in [1.82, 2.24) is 10.2 Å². The first-order valence-electron chi connectivity index (χ1n) is 4.72. The normalized spacial score (nSPS) is 24.8. The van der Waals surface area contributed by atoms with E-state index in [2.05, 4.69) is 24.1 Å². The maximum atomic E-state index is 11.3. The Labute approximate surface area is 79.2 Å². The molecule has 1 amide bonds. The molecular formula is C9H18N2O2. The maximum absolute atomic E-state index is 11.3. The van der Waals surface area contributed by atoms with Gasteiger partial charge >= 0.3 is 0 Å². The molecule has 1 aliphatic heterocycles. The number of nitrogens with one attached hydrogen (secondary N) is 1. The first-order chi connectivity index (χ1) is 6.15. The number of carbonyl (C=O) groups excluding carboxylic acids is 1. The van der Waals surface area contributed by atoms with Gasteiger partial charge in [-0.05, 0) is 13.8 Å². The number of amides is 1. The fourth-order valence-corrected chi connectivity index (χ4v) is 1.46. The second-order valence-corrected chi connectivity index (χ2v) is 3.56. The molecular weight excluding hydrogens is 168 g/mol. The van der Waals surface area contributed by atoms with Crippen LogP contribution in [0.25, 0.3) is 0 Å². The van der Waals surface area contributed by atoms with Gasteiger partial charge in [-0.3, -0.25) is 9.69 Å². The Balaban J connectivity index is 2.46. The molecule has 4 heteroatoms. The van der Waals surface area contributed by atoms with Crippen LogP contribution in [-0.4, -0.2) is 49.7 Å². The lowest BCUT2D eigenvalue weighted by molar-refractivity contribution is -0.138. The van der Waals surface area contributed by atoms with E-state index >= 15 is 0 Å². The van der Waals surface area contributed by atoms with Gasteiger partial charge in [0.1, 0.15) is 6.10 Å². The zero-order valence-corrected chi connectivity index (χ0v) is 8.54. The number of rotatable bonds is 2. The number of hydrogen-bond donors (Lipinski definition) is 1. The molecule has 1 rings (SSSR count). The first kappa shape index (κ1) is 10.5. The van der Waals surface area contributed by atoms with Crippen LogP contribution in [0.15, 0.2) is 0 Å². The molecule has 4 nitrogen and oxygen atoms in total. The maximum Gasteiger partial charge on any atom is 0.250 e. The van der Waals surface area contributed by atoms with Crippen molar-refractivity contribution in [2.75, 3.05) is 26.7 Å². The fraction of sp³-hybridized carbons (Fsp3) is 0.889. The summed E-state index contributed by atoms with van der Waals surface area (Å²) in [6, 6.07) is 0.482. The minimum absolute atomic E-state index is 0.0228. The van der Waals surface area contributed by atoms with E-state index in [1.807, 2.05) is 0 Å². The van der Waals surface area contributed by atoms with Crippen molar-refractivity contribution < 1.29 is 9.53 Å². The molecule has 0 aromatic rings. The third kappa shape index (κ3) is 2.67. The Morgan fingerprint density at radius 2 is 2.31 bits per heavy atom. The summed E-state index contributed by atoms with van der Waals surface area (Å²) < 4.78 is 5.36. The fourth-order valence-electron chi connectivity index (χ4n) is 1.46. The van der Waals surface area contributed by atoms with Gasteiger partial charge in [-0.2, -0.15) is 0 Å². The minimum atomic E-state index is -0.291. The van der Waals surface area contributed by atoms with Crippen LogP contribution in [0.5, 0.6) is 0 Å². The molecule has 76 valence electrons. The van der Waals surface area contributed by atoms with Crippen LogP contribution in [0.4, 0.5) is 0 Å². The van der Waals surface area contributed by atoms with Crippen molar-refractivity contribution in [2.24, 2.45) is 0 Å². The molecule has 0 aromatic heterocycles. The lowest BCUT2D eigenvalue weighted by Gasteiger charge is -2.34. The minimum Gasteiger partial charge on any atom is -0.366 e. The quantitative estimate of drug-likeness (QED) is 0.651. The molecule has 13 heavy (non-hydrogen) atoms. The Morgan fingerprint density at radius 3 is 2.85 bits per heavy atom. The van der Waals surface area contributed by atoms with Gasteiger partial charge in [-0.1, -0.05) is 0 Å². The Morgan fingerprint density at radius 1 is 1.62 bits per heavy atom. The Bertz CT molecular complexity index is 182. The van der Waals surface area contributed by atoms with Crippen LogP contribution in [0.2, 0.25) is 0 Å². The number of nitrogens with zero attached hydrogens (tertiary/aromatic N) is 1. The van der Waals surface area contributed by atoms with Gasteiger partial charge in [0, 0.05) is 26.2 Å². The van der Waals surface area contributed by atoms with Crippen molar-refractivity contribution in [3.8, 4) is 0 Å². The van der Waals surface area contributed by atoms with Crippen LogP contribution < -0.4 is 5.32 Å². The topological polar surface area (TPSA) is 41.6 Å². The van der Waals surface area contributed by atoms with Crippen molar-refractivity contribution in [2.45, 2.75) is 26.0 Å². The second kappa shape index (κ2) is 4.58. The largest absolute Gasteiger partial charge is 0.366 e. The average molecular weight is 186 g/mol. The summed E-state index contributed by atoms with van der Waals surface area (Å²) in [6.07, 6.45) is -0.291. The molecule has 0 radical (unpaired) electrons. The van der Waals surface area contributed by atoms with Gasteiger partial charge in [0.2, 0.25) is 5.91 Å². The summed E-state index contributed by atoms with van der Waals surface area (Å²) >= 11 is 0. The molecule has 1 N–H and O–H groups in total. The molecule has 1 fully saturated rings. The van der Waals surface area contributed by atoms with E-state index < -0.39 is 0 Å². The van der Waals surface area contributed by atoms with Crippen molar-refractivity contribution in [3.63, 3.8) is 0 Å². The van der Waals surface area contributed by atoms with E-state index in [-0.39, 0.29) is 12.0 Å². The summed E-state index contributed by atoms with van der Waals surface area (Å²) in [7, 11) is 1.64. The lowest BCUT2D eigenvalue weighted by Crippen LogP contribution is -2.51. The van der Waals surface area contributed by atoms with Crippen LogP contribution in [-0.2, 0) is 9.53 Å². The summed E-state index contributed by atoms with van der Waals surface area (Å²) in [4.78, 5) is 13.5. The lowest BCUT2D eigenvalue weighted by atomic mass is 10.2. The Hall–Kier alpha value is -0.610. The third-order valence-corrected chi connectivity index (χ3v) is 2.37. The van der Waals surface area contributed by atoms with Gasteiger partial charge in [-0.15, -0.1) is 0 Å². The summed E-state index contributed by atoms with van der Waals surface area (Å²) in [6.45, 7) is 6.54. The van der Waals surface area contributed by atoms with Crippen molar-refractivity contribution >= 4 is 5.91 Å². The highest BCUT2D eigenvalue weighted by Gasteiger charge is 2.26. The van der Waals surface area contributed by atoms with E-state index in [0.717, 1.165) is 6.54 Å². The van der Waals surface area contributed by atoms with E-state index in [1.54, 1.807) is 7.05 Å². The van der Waals surface area contributed by atoms with Crippen molar-refractivity contribution in [1.29, 1.82) is 0 Å². The number of morpholine rings is 1. The molecule has 0 saturated carbocycles. The standard InChI is InChI=1S/C9H18N2O2/c1-7(2)11-4-5-13-8(6-11)9(12)10-3/h7-8H,4-6H2,1-3H3,(H,10,12). The van der Waals surface area contributed by atoms with Gasteiger partial charge in [-0.25, -0.2) is 0 Å². The number of ether oxygens (including phenoxy) is 1. The highest BCUT2D eigenvalue weighted by Crippen LogP contribution is 2.08. The van der Waals surface area contributed by atoms with Crippen LogP contribution in [0.1, 0.15) is 13.8 Å². The van der Waals surface area contributed by atoms with Crippen LogP contribution >= 0.6 is 0 Å². The third-order valence-electron chi connectivity index (χ3n) is 2.37. The summed E-state index contributed by atoms with van der Waals surface area (Å²) in [5.74, 6) is -0.0228. The van der Waals surface area contributed by atoms with Gasteiger partial charge in [0.05, 0.1) is 6.61 Å². The Kier molecular flexibility index (Phi) is 3.69. The molecule has 0 aliphatic carbocycles. The molecule has 0 spiro atoms. The molecule has 1 atom stereocenters. The predicted molar refractivity (Wildman–Crippen MR) is 50.5 cm³/mol. The molecule has 0 bridgehead atoms. The van der Waals surface area contributed by atoms with Gasteiger partial charge < -0.3 is 10.1 Å². The molecule has 1 saturated heterocycles. The zero-order chi connectivity index (χ0) is 9.84. The summed E-state index contributed by atoms with van der Waals surface area (Å²) in [5.41, 5.74) is 0. The first-order valence-corrected chi connectivity index (χ1v) is 4.72. The molecule has 1 aliphatic rings.